The van der Waals surface area contributed by atoms with Crippen molar-refractivity contribution in [2.75, 3.05) is 24.8 Å². The fourth-order valence-electron chi connectivity index (χ4n) is 2.36. The Hall–Kier alpha value is -3.31. The molecule has 8 heteroatoms. The van der Waals surface area contributed by atoms with Crippen LogP contribution in [0.25, 0.3) is 6.08 Å². The Kier molecular flexibility index (Phi) is 7.18. The molecule has 0 unspecified atom stereocenters. The van der Waals surface area contributed by atoms with Crippen LogP contribution >= 0.6 is 0 Å². The number of benzene rings is 2. The van der Waals surface area contributed by atoms with E-state index in [2.05, 4.69) is 5.32 Å². The third-order valence-electron chi connectivity index (χ3n) is 3.77. The Morgan fingerprint density at radius 2 is 1.96 bits per heavy atom. The minimum absolute atomic E-state index is 0.0598. The Morgan fingerprint density at radius 3 is 2.64 bits per heavy atom. The lowest BCUT2D eigenvalue weighted by Crippen LogP contribution is -2.13. The van der Waals surface area contributed by atoms with E-state index in [4.69, 9.17) is 14.7 Å². The first-order valence-electron chi connectivity index (χ1n) is 8.40. The van der Waals surface area contributed by atoms with Crippen LogP contribution in [0.3, 0.4) is 0 Å². The first-order chi connectivity index (χ1) is 13.4. The fraction of sp³-hybridized carbons (Fsp3) is 0.200. The molecule has 0 bridgehead atoms. The Bertz CT molecular complexity index is 1020. The molecule has 0 spiro atoms. The number of anilines is 1. The summed E-state index contributed by atoms with van der Waals surface area (Å²) >= 11 is 0. The summed E-state index contributed by atoms with van der Waals surface area (Å²) in [6.45, 7) is 1.44. The Morgan fingerprint density at radius 1 is 1.21 bits per heavy atom. The molecule has 0 saturated carbocycles. The van der Waals surface area contributed by atoms with Crippen LogP contribution in [0.15, 0.2) is 53.4 Å². The maximum Gasteiger partial charge on any atom is 0.248 e. The number of ether oxygens (including phenoxy) is 2. The third-order valence-corrected chi connectivity index (χ3v) is 5.55. The second-order valence-electron chi connectivity index (χ2n) is 5.58. The lowest BCUT2D eigenvalue weighted by molar-refractivity contribution is -0.111. The van der Waals surface area contributed by atoms with E-state index in [-0.39, 0.29) is 22.9 Å². The van der Waals surface area contributed by atoms with Gasteiger partial charge in [0, 0.05) is 6.08 Å². The maximum absolute atomic E-state index is 12.2. The molecule has 0 aliphatic carbocycles. The van der Waals surface area contributed by atoms with Crippen LogP contribution in [0.4, 0.5) is 5.69 Å². The molecule has 0 heterocycles. The summed E-state index contributed by atoms with van der Waals surface area (Å²) in [5.41, 5.74) is 0.905. The number of nitrogens with zero attached hydrogens (tertiary/aromatic N) is 1. The summed E-state index contributed by atoms with van der Waals surface area (Å²) < 4.78 is 34.8. The van der Waals surface area contributed by atoms with Gasteiger partial charge in [0.2, 0.25) is 5.91 Å². The average molecular weight is 400 g/mol. The van der Waals surface area contributed by atoms with Crippen LogP contribution in [0, 0.1) is 11.3 Å². The number of carbonyl (C=O) groups is 1. The molecule has 0 saturated heterocycles. The molecule has 2 rings (SSSR count). The van der Waals surface area contributed by atoms with Crippen molar-refractivity contribution in [3.63, 3.8) is 0 Å². The number of methoxy groups -OCH3 is 1. The van der Waals surface area contributed by atoms with Gasteiger partial charge in [-0.3, -0.25) is 4.79 Å². The van der Waals surface area contributed by atoms with Gasteiger partial charge in [-0.1, -0.05) is 25.1 Å². The van der Waals surface area contributed by atoms with Gasteiger partial charge in [0.25, 0.3) is 0 Å². The molecule has 2 aromatic rings. The standard InChI is InChI=1S/C20H20N2O5S/c1-3-28(24,25)19-7-5-4-6-16(19)22-20(23)11-9-15-8-10-17(27-13-12-21)18(14-15)26-2/h4-11,14H,3,13H2,1-2H3,(H,22,23)/b11-9+. The topological polar surface area (TPSA) is 105 Å². The SMILES string of the molecule is CCS(=O)(=O)c1ccccc1NC(=O)/C=C/c1ccc(OCC#N)c(OC)c1. The maximum atomic E-state index is 12.2. The lowest BCUT2D eigenvalue weighted by Gasteiger charge is -2.10. The van der Waals surface area contributed by atoms with Gasteiger partial charge in [0.15, 0.2) is 27.9 Å². The van der Waals surface area contributed by atoms with E-state index < -0.39 is 15.7 Å². The molecular weight excluding hydrogens is 380 g/mol. The molecule has 1 amide bonds. The van der Waals surface area contributed by atoms with Crippen molar-refractivity contribution in [1.29, 1.82) is 5.26 Å². The molecule has 7 nitrogen and oxygen atoms in total. The van der Waals surface area contributed by atoms with E-state index in [1.807, 2.05) is 6.07 Å². The van der Waals surface area contributed by atoms with Crippen LogP contribution in [0.1, 0.15) is 12.5 Å². The van der Waals surface area contributed by atoms with Gasteiger partial charge in [0.1, 0.15) is 6.07 Å². The van der Waals surface area contributed by atoms with E-state index in [1.165, 1.54) is 19.3 Å². The van der Waals surface area contributed by atoms with Crippen LogP contribution in [-0.4, -0.2) is 33.8 Å². The van der Waals surface area contributed by atoms with Crippen molar-refractivity contribution < 1.29 is 22.7 Å². The molecule has 0 fully saturated rings. The average Bonchev–Trinajstić information content (AvgIpc) is 2.71. The van der Waals surface area contributed by atoms with Gasteiger partial charge in [-0.25, -0.2) is 8.42 Å². The van der Waals surface area contributed by atoms with Crippen molar-refractivity contribution in [3.8, 4) is 17.6 Å². The minimum Gasteiger partial charge on any atom is -0.493 e. The van der Waals surface area contributed by atoms with E-state index in [1.54, 1.807) is 49.4 Å². The molecule has 0 aliphatic heterocycles. The molecule has 0 aliphatic rings. The quantitative estimate of drug-likeness (QED) is 0.683. The van der Waals surface area contributed by atoms with Crippen molar-refractivity contribution in [2.45, 2.75) is 11.8 Å². The summed E-state index contributed by atoms with van der Waals surface area (Å²) in [4.78, 5) is 12.3. The first kappa shape index (κ1) is 21.0. The van der Waals surface area contributed by atoms with Crippen molar-refractivity contribution in [2.24, 2.45) is 0 Å². The van der Waals surface area contributed by atoms with Gasteiger partial charge in [-0.05, 0) is 35.9 Å². The summed E-state index contributed by atoms with van der Waals surface area (Å²) in [6.07, 6.45) is 2.85. The van der Waals surface area contributed by atoms with Crippen molar-refractivity contribution in [3.05, 3.63) is 54.1 Å². The third kappa shape index (κ3) is 5.34. The highest BCUT2D eigenvalue weighted by Gasteiger charge is 2.16. The fourth-order valence-corrected chi connectivity index (χ4v) is 3.41. The van der Waals surface area contributed by atoms with Gasteiger partial charge in [0.05, 0.1) is 23.4 Å². The highest BCUT2D eigenvalue weighted by Crippen LogP contribution is 2.28. The normalized spacial score (nSPS) is 11.0. The molecule has 2 aromatic carbocycles. The van der Waals surface area contributed by atoms with Gasteiger partial charge >= 0.3 is 0 Å². The number of amides is 1. The van der Waals surface area contributed by atoms with Gasteiger partial charge in [-0.2, -0.15) is 5.26 Å². The highest BCUT2D eigenvalue weighted by molar-refractivity contribution is 7.91. The van der Waals surface area contributed by atoms with E-state index >= 15 is 0 Å². The molecule has 1 N–H and O–H groups in total. The number of rotatable bonds is 8. The van der Waals surface area contributed by atoms with Crippen LogP contribution in [0.2, 0.25) is 0 Å². The second-order valence-corrected chi connectivity index (χ2v) is 7.83. The number of hydrogen-bond acceptors (Lipinski definition) is 6. The summed E-state index contributed by atoms with van der Waals surface area (Å²) in [5, 5.41) is 11.2. The van der Waals surface area contributed by atoms with E-state index in [0.29, 0.717) is 17.1 Å². The molecule has 0 radical (unpaired) electrons. The zero-order chi connectivity index (χ0) is 20.6. The number of carbonyl (C=O) groups excluding carboxylic acids is 1. The molecule has 0 aromatic heterocycles. The zero-order valence-corrected chi connectivity index (χ0v) is 16.3. The number of hydrogen-bond donors (Lipinski definition) is 1. The van der Waals surface area contributed by atoms with Crippen molar-refractivity contribution >= 4 is 27.5 Å². The predicted molar refractivity (Wildman–Crippen MR) is 106 cm³/mol. The summed E-state index contributed by atoms with van der Waals surface area (Å²) in [6, 6.07) is 13.1. The molecule has 146 valence electrons. The van der Waals surface area contributed by atoms with Gasteiger partial charge in [-0.15, -0.1) is 0 Å². The molecule has 28 heavy (non-hydrogen) atoms. The Labute approximate surface area is 164 Å². The smallest absolute Gasteiger partial charge is 0.248 e. The molecular formula is C20H20N2O5S. The van der Waals surface area contributed by atoms with E-state index in [9.17, 15) is 13.2 Å². The zero-order valence-electron chi connectivity index (χ0n) is 15.5. The summed E-state index contributed by atoms with van der Waals surface area (Å²) in [5.74, 6) is 0.319. The number of para-hydroxylation sites is 1. The minimum atomic E-state index is -3.46. The van der Waals surface area contributed by atoms with Crippen LogP contribution in [0.5, 0.6) is 11.5 Å². The van der Waals surface area contributed by atoms with Crippen LogP contribution < -0.4 is 14.8 Å². The second kappa shape index (κ2) is 9.58. The largest absolute Gasteiger partial charge is 0.493 e. The van der Waals surface area contributed by atoms with Crippen molar-refractivity contribution in [1.82, 2.24) is 0 Å². The highest BCUT2D eigenvalue weighted by atomic mass is 32.2. The first-order valence-corrected chi connectivity index (χ1v) is 10.0. The number of nitriles is 1. The van der Waals surface area contributed by atoms with Crippen LogP contribution in [-0.2, 0) is 14.6 Å². The Balaban J connectivity index is 2.16. The lowest BCUT2D eigenvalue weighted by atomic mass is 10.2. The molecule has 0 atom stereocenters. The number of sulfone groups is 1. The predicted octanol–water partition coefficient (Wildman–Crippen LogP) is 3.04. The van der Waals surface area contributed by atoms with Gasteiger partial charge < -0.3 is 14.8 Å². The monoisotopic (exact) mass is 400 g/mol. The van der Waals surface area contributed by atoms with E-state index in [0.717, 1.165) is 0 Å². The summed E-state index contributed by atoms with van der Waals surface area (Å²) in [7, 11) is -1.98. The number of nitrogens with one attached hydrogen (secondary N) is 1.